The molecule has 1 heterocycles. The maximum Gasteiger partial charge on any atom is 0.0703 e. The average molecular weight is 313 g/mol. The Morgan fingerprint density at radius 1 is 1.44 bits per heavy atom. The molecule has 3 unspecified atom stereocenters. The molecule has 1 fully saturated rings. The molecule has 18 heavy (non-hydrogen) atoms. The fourth-order valence-electron chi connectivity index (χ4n) is 2.71. The first-order chi connectivity index (χ1) is 8.63. The van der Waals surface area contributed by atoms with Crippen LogP contribution < -0.4 is 5.73 Å². The van der Waals surface area contributed by atoms with Crippen LogP contribution in [-0.2, 0) is 4.74 Å². The average Bonchev–Trinajstić information content (AvgIpc) is 2.78. The van der Waals surface area contributed by atoms with E-state index in [2.05, 4.69) is 59.1 Å². The molecule has 1 aromatic carbocycles. The molecule has 4 heteroatoms. The molecule has 3 atom stereocenters. The fraction of sp³-hybridized carbons (Fsp3) is 0.571. The van der Waals surface area contributed by atoms with Gasteiger partial charge in [0.05, 0.1) is 6.10 Å². The van der Waals surface area contributed by atoms with Gasteiger partial charge in [0.15, 0.2) is 0 Å². The molecule has 0 amide bonds. The third-order valence-corrected chi connectivity index (χ3v) is 4.36. The molecule has 3 nitrogen and oxygen atoms in total. The lowest BCUT2D eigenvalue weighted by Gasteiger charge is -2.34. The predicted octanol–water partition coefficient (Wildman–Crippen LogP) is 2.56. The predicted molar refractivity (Wildman–Crippen MR) is 77.5 cm³/mol. The molecule has 1 saturated heterocycles. The second-order valence-corrected chi connectivity index (χ2v) is 5.82. The largest absolute Gasteiger partial charge is 0.377 e. The summed E-state index contributed by atoms with van der Waals surface area (Å²) in [5.41, 5.74) is 7.23. The minimum absolute atomic E-state index is 0.257. The van der Waals surface area contributed by atoms with Gasteiger partial charge >= 0.3 is 0 Å². The van der Waals surface area contributed by atoms with E-state index in [-0.39, 0.29) is 6.04 Å². The van der Waals surface area contributed by atoms with E-state index in [0.29, 0.717) is 18.7 Å². The van der Waals surface area contributed by atoms with E-state index in [4.69, 9.17) is 10.5 Å². The zero-order valence-electron chi connectivity index (χ0n) is 11.0. The maximum absolute atomic E-state index is 5.96. The molecule has 100 valence electrons. The van der Waals surface area contributed by atoms with Crippen molar-refractivity contribution in [1.29, 1.82) is 0 Å². The zero-order chi connectivity index (χ0) is 13.1. The van der Waals surface area contributed by atoms with Crippen molar-refractivity contribution in [2.45, 2.75) is 31.5 Å². The second-order valence-electron chi connectivity index (χ2n) is 4.90. The van der Waals surface area contributed by atoms with Crippen molar-refractivity contribution in [3.63, 3.8) is 0 Å². The van der Waals surface area contributed by atoms with Crippen molar-refractivity contribution in [3.8, 4) is 0 Å². The molecule has 1 aromatic rings. The van der Waals surface area contributed by atoms with Crippen molar-refractivity contribution in [3.05, 3.63) is 34.3 Å². The topological polar surface area (TPSA) is 38.5 Å². The molecule has 2 rings (SSSR count). The molecule has 1 aliphatic rings. The van der Waals surface area contributed by atoms with E-state index >= 15 is 0 Å². The normalized spacial score (nSPS) is 25.6. The Balaban J connectivity index is 2.14. The van der Waals surface area contributed by atoms with Crippen LogP contribution in [0.25, 0.3) is 0 Å². The Bertz CT molecular complexity index is 382. The Morgan fingerprint density at radius 3 is 2.61 bits per heavy atom. The van der Waals surface area contributed by atoms with Gasteiger partial charge in [0.25, 0.3) is 0 Å². The first-order valence-corrected chi connectivity index (χ1v) is 7.22. The molecule has 1 aliphatic heterocycles. The lowest BCUT2D eigenvalue weighted by molar-refractivity contribution is 0.0686. The standard InChI is InChI=1S/C14H21BrN2O/c1-10-13(7-8-18-10)17(2)14(9-16)11-3-5-12(15)6-4-11/h3-6,10,13-14H,7-9,16H2,1-2H3. The highest BCUT2D eigenvalue weighted by molar-refractivity contribution is 9.10. The number of ether oxygens (including phenoxy) is 1. The Labute approximate surface area is 117 Å². The number of rotatable bonds is 4. The summed E-state index contributed by atoms with van der Waals surface area (Å²) in [6.07, 6.45) is 1.38. The number of benzene rings is 1. The molecule has 0 aromatic heterocycles. The molecule has 2 N–H and O–H groups in total. The fourth-order valence-corrected chi connectivity index (χ4v) is 2.97. The number of nitrogens with two attached hydrogens (primary N) is 1. The van der Waals surface area contributed by atoms with Crippen molar-refractivity contribution >= 4 is 15.9 Å². The van der Waals surface area contributed by atoms with Crippen LogP contribution in [0.1, 0.15) is 24.9 Å². The second kappa shape index (κ2) is 6.15. The van der Waals surface area contributed by atoms with E-state index in [1.165, 1.54) is 5.56 Å². The summed E-state index contributed by atoms with van der Waals surface area (Å²) in [5.74, 6) is 0. The van der Waals surface area contributed by atoms with Crippen LogP contribution in [0.5, 0.6) is 0 Å². The minimum atomic E-state index is 0.257. The molecule has 0 bridgehead atoms. The van der Waals surface area contributed by atoms with Gasteiger partial charge in [-0.25, -0.2) is 0 Å². The van der Waals surface area contributed by atoms with Crippen molar-refractivity contribution in [2.24, 2.45) is 5.73 Å². The summed E-state index contributed by atoms with van der Waals surface area (Å²) in [6.45, 7) is 3.62. The third-order valence-electron chi connectivity index (χ3n) is 3.83. The van der Waals surface area contributed by atoms with Crippen LogP contribution in [0.15, 0.2) is 28.7 Å². The van der Waals surface area contributed by atoms with Gasteiger partial charge in [-0.15, -0.1) is 0 Å². The highest BCUT2D eigenvalue weighted by Crippen LogP contribution is 2.27. The van der Waals surface area contributed by atoms with E-state index in [1.54, 1.807) is 0 Å². The van der Waals surface area contributed by atoms with Gasteiger partial charge in [0, 0.05) is 29.7 Å². The molecular formula is C14H21BrN2O. The summed E-state index contributed by atoms with van der Waals surface area (Å²) in [6, 6.07) is 9.13. The monoisotopic (exact) mass is 312 g/mol. The van der Waals surface area contributed by atoms with E-state index in [0.717, 1.165) is 17.5 Å². The van der Waals surface area contributed by atoms with Crippen LogP contribution in [-0.4, -0.2) is 37.2 Å². The van der Waals surface area contributed by atoms with Gasteiger partial charge in [0.2, 0.25) is 0 Å². The van der Waals surface area contributed by atoms with Crippen LogP contribution in [0.2, 0.25) is 0 Å². The molecule has 0 aliphatic carbocycles. The lowest BCUT2D eigenvalue weighted by atomic mass is 10.0. The SMILES string of the molecule is CC1OCCC1N(C)C(CN)c1ccc(Br)cc1. The Hall–Kier alpha value is -0.420. The van der Waals surface area contributed by atoms with Crippen LogP contribution >= 0.6 is 15.9 Å². The molecule has 0 radical (unpaired) electrons. The van der Waals surface area contributed by atoms with Gasteiger partial charge in [-0.3, -0.25) is 4.90 Å². The van der Waals surface area contributed by atoms with Crippen molar-refractivity contribution < 1.29 is 4.74 Å². The third kappa shape index (κ3) is 2.94. The van der Waals surface area contributed by atoms with Crippen LogP contribution in [0, 0.1) is 0 Å². The zero-order valence-corrected chi connectivity index (χ0v) is 12.6. The highest BCUT2D eigenvalue weighted by atomic mass is 79.9. The number of nitrogens with zero attached hydrogens (tertiary/aromatic N) is 1. The first-order valence-electron chi connectivity index (χ1n) is 6.42. The molecular weight excluding hydrogens is 292 g/mol. The Kier molecular flexibility index (Phi) is 4.78. The van der Waals surface area contributed by atoms with E-state index in [1.807, 2.05) is 0 Å². The lowest BCUT2D eigenvalue weighted by Crippen LogP contribution is -2.42. The summed E-state index contributed by atoms with van der Waals surface area (Å²) >= 11 is 3.46. The van der Waals surface area contributed by atoms with Gasteiger partial charge in [-0.2, -0.15) is 0 Å². The molecule has 0 spiro atoms. The number of hydrogen-bond acceptors (Lipinski definition) is 3. The van der Waals surface area contributed by atoms with Gasteiger partial charge in [0.1, 0.15) is 0 Å². The summed E-state index contributed by atoms with van der Waals surface area (Å²) in [7, 11) is 2.15. The smallest absolute Gasteiger partial charge is 0.0703 e. The van der Waals surface area contributed by atoms with Crippen LogP contribution in [0.4, 0.5) is 0 Å². The van der Waals surface area contributed by atoms with Gasteiger partial charge in [-0.05, 0) is 38.1 Å². The first kappa shape index (κ1) is 14.0. The summed E-state index contributed by atoms with van der Waals surface area (Å²) in [4.78, 5) is 2.36. The highest BCUT2D eigenvalue weighted by Gasteiger charge is 2.31. The van der Waals surface area contributed by atoms with Crippen molar-refractivity contribution in [2.75, 3.05) is 20.2 Å². The quantitative estimate of drug-likeness (QED) is 0.928. The minimum Gasteiger partial charge on any atom is -0.377 e. The Morgan fingerprint density at radius 2 is 2.11 bits per heavy atom. The van der Waals surface area contributed by atoms with Crippen molar-refractivity contribution in [1.82, 2.24) is 4.90 Å². The molecule has 0 saturated carbocycles. The maximum atomic E-state index is 5.96. The number of halogens is 1. The van der Waals surface area contributed by atoms with Crippen LogP contribution in [0.3, 0.4) is 0 Å². The van der Waals surface area contributed by atoms with E-state index in [9.17, 15) is 0 Å². The number of likely N-dealkylation sites (N-methyl/N-ethyl adjacent to an activating group) is 1. The van der Waals surface area contributed by atoms with Gasteiger partial charge < -0.3 is 10.5 Å². The number of hydrogen-bond donors (Lipinski definition) is 1. The van der Waals surface area contributed by atoms with E-state index < -0.39 is 0 Å². The summed E-state index contributed by atoms with van der Waals surface area (Å²) in [5, 5.41) is 0. The summed E-state index contributed by atoms with van der Waals surface area (Å²) < 4.78 is 6.75. The van der Waals surface area contributed by atoms with Gasteiger partial charge in [-0.1, -0.05) is 28.1 Å².